The normalized spacial score (nSPS) is 11.9. The van der Waals surface area contributed by atoms with Crippen LogP contribution in [-0.2, 0) is 16.6 Å². The smallest absolute Gasteiger partial charge is 0.241 e. The van der Waals surface area contributed by atoms with Crippen LogP contribution >= 0.6 is 0 Å². The Kier molecular flexibility index (Phi) is 3.67. The molecule has 22 heavy (non-hydrogen) atoms. The number of halogens is 1. The third kappa shape index (κ3) is 2.86. The first-order valence-corrected chi connectivity index (χ1v) is 8.12. The SMILES string of the molecule is Cc1cc(F)ccc1S(=O)(=O)NCc1ccc2nc[nH]c2c1. The fourth-order valence-corrected chi connectivity index (χ4v) is 3.51. The Labute approximate surface area is 127 Å². The van der Waals surface area contributed by atoms with Crippen molar-refractivity contribution in [2.24, 2.45) is 0 Å². The van der Waals surface area contributed by atoms with Crippen LogP contribution in [0.5, 0.6) is 0 Å². The number of aryl methyl sites for hydroxylation is 1. The predicted molar refractivity (Wildman–Crippen MR) is 81.3 cm³/mol. The average Bonchev–Trinajstić information content (AvgIpc) is 2.92. The number of nitrogens with one attached hydrogen (secondary N) is 2. The van der Waals surface area contributed by atoms with Crippen molar-refractivity contribution in [2.45, 2.75) is 18.4 Å². The molecule has 1 heterocycles. The lowest BCUT2D eigenvalue weighted by Gasteiger charge is -2.09. The number of aromatic nitrogens is 2. The maximum atomic E-state index is 13.1. The summed E-state index contributed by atoms with van der Waals surface area (Å²) < 4.78 is 40.2. The van der Waals surface area contributed by atoms with Gasteiger partial charge in [0.15, 0.2) is 0 Å². The fourth-order valence-electron chi connectivity index (χ4n) is 2.26. The molecule has 0 radical (unpaired) electrons. The molecule has 0 saturated carbocycles. The Hall–Kier alpha value is -2.25. The van der Waals surface area contributed by atoms with Crippen molar-refractivity contribution >= 4 is 21.1 Å². The Balaban J connectivity index is 1.82. The van der Waals surface area contributed by atoms with Gasteiger partial charge in [0.25, 0.3) is 0 Å². The summed E-state index contributed by atoms with van der Waals surface area (Å²) in [6.07, 6.45) is 1.58. The molecular weight excluding hydrogens is 305 g/mol. The number of H-pyrrole nitrogens is 1. The van der Waals surface area contributed by atoms with E-state index >= 15 is 0 Å². The van der Waals surface area contributed by atoms with Crippen LogP contribution in [0, 0.1) is 12.7 Å². The second-order valence-electron chi connectivity index (χ2n) is 4.99. The number of benzene rings is 2. The molecule has 0 spiro atoms. The van der Waals surface area contributed by atoms with Crippen molar-refractivity contribution in [3.63, 3.8) is 0 Å². The number of nitrogens with zero attached hydrogens (tertiary/aromatic N) is 1. The van der Waals surface area contributed by atoms with E-state index in [2.05, 4.69) is 14.7 Å². The second kappa shape index (κ2) is 5.51. The number of rotatable bonds is 4. The molecule has 0 bridgehead atoms. The lowest BCUT2D eigenvalue weighted by molar-refractivity contribution is 0.579. The summed E-state index contributed by atoms with van der Waals surface area (Å²) in [6.45, 7) is 1.71. The first kappa shape index (κ1) is 14.7. The molecule has 3 rings (SSSR count). The Morgan fingerprint density at radius 3 is 2.82 bits per heavy atom. The summed E-state index contributed by atoms with van der Waals surface area (Å²) in [5, 5.41) is 0. The summed E-state index contributed by atoms with van der Waals surface area (Å²) in [6, 6.07) is 9.07. The number of hydrogen-bond acceptors (Lipinski definition) is 3. The monoisotopic (exact) mass is 319 g/mol. The van der Waals surface area contributed by atoms with Gasteiger partial charge in [-0.25, -0.2) is 22.5 Å². The molecule has 1 aromatic heterocycles. The molecule has 0 aliphatic rings. The van der Waals surface area contributed by atoms with E-state index in [0.29, 0.717) is 5.56 Å². The van der Waals surface area contributed by atoms with Crippen LogP contribution in [-0.4, -0.2) is 18.4 Å². The van der Waals surface area contributed by atoms with Gasteiger partial charge in [0.1, 0.15) is 5.82 Å². The van der Waals surface area contributed by atoms with E-state index in [9.17, 15) is 12.8 Å². The summed E-state index contributed by atoms with van der Waals surface area (Å²) in [5.74, 6) is -0.457. The summed E-state index contributed by atoms with van der Waals surface area (Å²) in [5.41, 5.74) is 2.84. The summed E-state index contributed by atoms with van der Waals surface area (Å²) >= 11 is 0. The van der Waals surface area contributed by atoms with E-state index in [0.717, 1.165) is 22.7 Å². The zero-order valence-electron chi connectivity index (χ0n) is 11.8. The van der Waals surface area contributed by atoms with Gasteiger partial charge in [-0.3, -0.25) is 0 Å². The molecule has 2 aromatic carbocycles. The molecule has 0 atom stereocenters. The van der Waals surface area contributed by atoms with Gasteiger partial charge in [-0.15, -0.1) is 0 Å². The van der Waals surface area contributed by atoms with Gasteiger partial charge >= 0.3 is 0 Å². The maximum absolute atomic E-state index is 13.1. The highest BCUT2D eigenvalue weighted by Gasteiger charge is 2.16. The topological polar surface area (TPSA) is 74.8 Å². The number of aromatic amines is 1. The second-order valence-corrected chi connectivity index (χ2v) is 6.72. The molecule has 0 amide bonds. The minimum atomic E-state index is -3.69. The number of sulfonamides is 1. The predicted octanol–water partition coefficient (Wildman–Crippen LogP) is 2.49. The van der Waals surface area contributed by atoms with Crippen LogP contribution in [0.1, 0.15) is 11.1 Å². The van der Waals surface area contributed by atoms with Crippen LogP contribution in [0.2, 0.25) is 0 Å². The summed E-state index contributed by atoms with van der Waals surface area (Å²) in [7, 11) is -3.69. The van der Waals surface area contributed by atoms with Crippen LogP contribution in [0.4, 0.5) is 4.39 Å². The molecule has 0 saturated heterocycles. The van der Waals surface area contributed by atoms with Gasteiger partial charge in [-0.2, -0.15) is 0 Å². The molecule has 0 aliphatic heterocycles. The molecule has 0 aliphatic carbocycles. The van der Waals surface area contributed by atoms with Crippen molar-refractivity contribution in [2.75, 3.05) is 0 Å². The van der Waals surface area contributed by atoms with Crippen molar-refractivity contribution in [1.82, 2.24) is 14.7 Å². The van der Waals surface area contributed by atoms with Gasteiger partial charge in [-0.1, -0.05) is 6.07 Å². The number of fused-ring (bicyclic) bond motifs is 1. The minimum Gasteiger partial charge on any atom is -0.345 e. The lowest BCUT2D eigenvalue weighted by atomic mass is 10.2. The third-order valence-corrected chi connectivity index (χ3v) is 4.94. The highest BCUT2D eigenvalue weighted by Crippen LogP contribution is 2.17. The molecular formula is C15H14FN3O2S. The van der Waals surface area contributed by atoms with E-state index in [1.807, 2.05) is 18.2 Å². The fraction of sp³-hybridized carbons (Fsp3) is 0.133. The molecule has 2 N–H and O–H groups in total. The molecule has 5 nitrogen and oxygen atoms in total. The molecule has 114 valence electrons. The zero-order chi connectivity index (χ0) is 15.7. The Bertz CT molecular complexity index is 935. The standard InChI is InChI=1S/C15H14FN3O2S/c1-10-6-12(16)3-5-15(10)22(20,21)19-8-11-2-4-13-14(7-11)18-9-17-13/h2-7,9,19H,8H2,1H3,(H,17,18). The van der Waals surface area contributed by atoms with Gasteiger partial charge in [0.05, 0.1) is 22.3 Å². The molecule has 3 aromatic rings. The van der Waals surface area contributed by atoms with E-state index in [1.54, 1.807) is 13.3 Å². The zero-order valence-corrected chi connectivity index (χ0v) is 12.6. The Morgan fingerprint density at radius 1 is 1.23 bits per heavy atom. The molecule has 7 heteroatoms. The number of hydrogen-bond donors (Lipinski definition) is 2. The van der Waals surface area contributed by atoms with Crippen molar-refractivity contribution in [3.8, 4) is 0 Å². The summed E-state index contributed by atoms with van der Waals surface area (Å²) in [4.78, 5) is 7.16. The van der Waals surface area contributed by atoms with Crippen LogP contribution in [0.25, 0.3) is 11.0 Å². The van der Waals surface area contributed by atoms with Crippen molar-refractivity contribution < 1.29 is 12.8 Å². The highest BCUT2D eigenvalue weighted by atomic mass is 32.2. The average molecular weight is 319 g/mol. The highest BCUT2D eigenvalue weighted by molar-refractivity contribution is 7.89. The number of imidazole rings is 1. The van der Waals surface area contributed by atoms with E-state index < -0.39 is 15.8 Å². The van der Waals surface area contributed by atoms with Gasteiger partial charge < -0.3 is 4.98 Å². The third-order valence-electron chi connectivity index (χ3n) is 3.38. The largest absolute Gasteiger partial charge is 0.345 e. The quantitative estimate of drug-likeness (QED) is 0.776. The first-order chi connectivity index (χ1) is 10.5. The maximum Gasteiger partial charge on any atom is 0.241 e. The lowest BCUT2D eigenvalue weighted by Crippen LogP contribution is -2.24. The molecule has 0 unspecified atom stereocenters. The van der Waals surface area contributed by atoms with E-state index in [4.69, 9.17) is 0 Å². The van der Waals surface area contributed by atoms with Crippen LogP contribution < -0.4 is 4.72 Å². The minimum absolute atomic E-state index is 0.0801. The van der Waals surface area contributed by atoms with Crippen LogP contribution in [0.15, 0.2) is 47.6 Å². The first-order valence-electron chi connectivity index (χ1n) is 6.63. The van der Waals surface area contributed by atoms with E-state index in [1.165, 1.54) is 12.1 Å². The van der Waals surface area contributed by atoms with Gasteiger partial charge in [-0.05, 0) is 48.4 Å². The van der Waals surface area contributed by atoms with Gasteiger partial charge in [0.2, 0.25) is 10.0 Å². The molecule has 0 fully saturated rings. The van der Waals surface area contributed by atoms with Crippen LogP contribution in [0.3, 0.4) is 0 Å². The van der Waals surface area contributed by atoms with Crippen molar-refractivity contribution in [1.29, 1.82) is 0 Å². The van der Waals surface area contributed by atoms with Gasteiger partial charge in [0, 0.05) is 6.54 Å². The van der Waals surface area contributed by atoms with Crippen molar-refractivity contribution in [3.05, 3.63) is 59.7 Å². The van der Waals surface area contributed by atoms with E-state index in [-0.39, 0.29) is 11.4 Å². The Morgan fingerprint density at radius 2 is 2.05 bits per heavy atom.